The molecule has 0 aliphatic carbocycles. The van der Waals surface area contributed by atoms with Gasteiger partial charge in [0.1, 0.15) is 5.76 Å². The van der Waals surface area contributed by atoms with Gasteiger partial charge >= 0.3 is 0 Å². The summed E-state index contributed by atoms with van der Waals surface area (Å²) < 4.78 is 18.1. The maximum Gasteiger partial charge on any atom is 0.185 e. The summed E-state index contributed by atoms with van der Waals surface area (Å²) in [5, 5.41) is 0. The predicted molar refractivity (Wildman–Crippen MR) is 68.3 cm³/mol. The highest BCUT2D eigenvalue weighted by molar-refractivity contribution is 9.10. The number of hydrogen-bond acceptors (Lipinski definition) is 3. The first-order valence-electron chi connectivity index (χ1n) is 4.87. The Bertz CT molecular complexity index is 562. The largest absolute Gasteiger partial charge is 0.457 e. The summed E-state index contributed by atoms with van der Waals surface area (Å²) in [5.41, 5.74) is 0. The lowest BCUT2D eigenvalue weighted by Gasteiger charge is -2.02. The van der Waals surface area contributed by atoms with Crippen LogP contribution in [0.15, 0.2) is 50.2 Å². The number of carbonyl (C=O) groups is 1. The van der Waals surface area contributed by atoms with Crippen LogP contribution in [0.5, 0.6) is 0 Å². The number of rotatable bonds is 4. The van der Waals surface area contributed by atoms with Gasteiger partial charge in [-0.05, 0) is 40.2 Å². The van der Waals surface area contributed by atoms with Crippen molar-refractivity contribution >= 4 is 33.0 Å². The van der Waals surface area contributed by atoms with E-state index in [2.05, 4.69) is 15.9 Å². The average Bonchev–Trinajstić information content (AvgIpc) is 2.77. The van der Waals surface area contributed by atoms with E-state index >= 15 is 0 Å². The summed E-state index contributed by atoms with van der Waals surface area (Å²) in [5.74, 6) is 1.06. The van der Waals surface area contributed by atoms with Crippen molar-refractivity contribution in [3.63, 3.8) is 0 Å². The van der Waals surface area contributed by atoms with Crippen molar-refractivity contribution in [3.05, 3.63) is 52.4 Å². The Morgan fingerprint density at radius 2 is 2.00 bits per heavy atom. The third-order valence-corrected chi connectivity index (χ3v) is 4.50. The van der Waals surface area contributed by atoms with E-state index < -0.39 is 10.8 Å². The Balaban J connectivity index is 2.17. The molecule has 0 saturated carbocycles. The molecule has 0 aliphatic heterocycles. The zero-order valence-electron chi connectivity index (χ0n) is 8.76. The van der Waals surface area contributed by atoms with Gasteiger partial charge in [-0.15, -0.1) is 0 Å². The van der Waals surface area contributed by atoms with Crippen LogP contribution in [0.2, 0.25) is 0 Å². The Morgan fingerprint density at radius 1 is 1.24 bits per heavy atom. The molecular weight excluding hydrogens is 304 g/mol. The Labute approximate surface area is 109 Å². The molecule has 88 valence electrons. The fourth-order valence-electron chi connectivity index (χ4n) is 1.37. The van der Waals surface area contributed by atoms with Crippen LogP contribution in [0.25, 0.3) is 0 Å². The van der Waals surface area contributed by atoms with Crippen LogP contribution in [0, 0.1) is 0 Å². The average molecular weight is 313 g/mol. The van der Waals surface area contributed by atoms with E-state index in [0.717, 1.165) is 9.37 Å². The summed E-state index contributed by atoms with van der Waals surface area (Å²) >= 11 is 3.35. The van der Waals surface area contributed by atoms with Crippen LogP contribution in [0.1, 0.15) is 16.3 Å². The molecule has 1 aromatic heterocycles. The Kier molecular flexibility index (Phi) is 3.91. The molecule has 17 heavy (non-hydrogen) atoms. The minimum atomic E-state index is -1.19. The van der Waals surface area contributed by atoms with Crippen molar-refractivity contribution in [2.45, 2.75) is 10.6 Å². The van der Waals surface area contributed by atoms with Crippen LogP contribution in [0.3, 0.4) is 0 Å². The monoisotopic (exact) mass is 312 g/mol. The maximum absolute atomic E-state index is 12.1. The van der Waals surface area contributed by atoms with Crippen molar-refractivity contribution in [2.24, 2.45) is 0 Å². The Morgan fingerprint density at radius 3 is 2.65 bits per heavy atom. The number of carbonyl (C=O) groups excluding carboxylic acids is 1. The molecule has 0 bridgehead atoms. The number of benzene rings is 1. The van der Waals surface area contributed by atoms with Gasteiger partial charge in [0.25, 0.3) is 0 Å². The van der Waals surface area contributed by atoms with Crippen LogP contribution in [-0.4, -0.2) is 10.5 Å². The van der Waals surface area contributed by atoms with Gasteiger partial charge in [-0.2, -0.15) is 0 Å². The van der Waals surface area contributed by atoms with E-state index in [-0.39, 0.29) is 11.5 Å². The SMILES string of the molecule is O=Cc1ccc(CS(=O)c2ccccc2Br)o1. The number of aldehydes is 1. The molecule has 0 amide bonds. The van der Waals surface area contributed by atoms with Gasteiger partial charge in [0, 0.05) is 4.47 Å². The first-order chi connectivity index (χ1) is 8.20. The summed E-state index contributed by atoms with van der Waals surface area (Å²) in [6.07, 6.45) is 0.630. The van der Waals surface area contributed by atoms with Crippen molar-refractivity contribution in [1.82, 2.24) is 0 Å². The molecular formula is C12H9BrO3S. The van der Waals surface area contributed by atoms with Crippen LogP contribution in [-0.2, 0) is 16.6 Å². The van der Waals surface area contributed by atoms with E-state index in [9.17, 15) is 9.00 Å². The third kappa shape index (κ3) is 2.92. The molecule has 0 aliphatic rings. The van der Waals surface area contributed by atoms with Gasteiger partial charge in [-0.3, -0.25) is 9.00 Å². The third-order valence-electron chi connectivity index (χ3n) is 2.15. The summed E-state index contributed by atoms with van der Waals surface area (Å²) in [4.78, 5) is 11.2. The maximum atomic E-state index is 12.1. The van der Waals surface area contributed by atoms with Gasteiger partial charge in [0.15, 0.2) is 12.0 Å². The van der Waals surface area contributed by atoms with Crippen molar-refractivity contribution in [2.75, 3.05) is 0 Å². The molecule has 2 aromatic rings. The van der Waals surface area contributed by atoms with Gasteiger partial charge in [0.2, 0.25) is 0 Å². The zero-order valence-corrected chi connectivity index (χ0v) is 11.2. The van der Waals surface area contributed by atoms with Crippen LogP contribution < -0.4 is 0 Å². The number of hydrogen-bond donors (Lipinski definition) is 0. The molecule has 1 heterocycles. The Hall–Kier alpha value is -1.20. The normalized spacial score (nSPS) is 12.3. The van der Waals surface area contributed by atoms with Gasteiger partial charge in [-0.1, -0.05) is 12.1 Å². The predicted octanol–water partition coefficient (Wildman–Crippen LogP) is 3.16. The first kappa shape index (κ1) is 12.3. The molecule has 0 saturated heterocycles. The van der Waals surface area contributed by atoms with Crippen LogP contribution in [0.4, 0.5) is 0 Å². The summed E-state index contributed by atoms with van der Waals surface area (Å²) in [6, 6.07) is 10.6. The lowest BCUT2D eigenvalue weighted by atomic mass is 10.4. The van der Waals surface area contributed by atoms with Crippen LogP contribution >= 0.6 is 15.9 Å². The highest BCUT2D eigenvalue weighted by Gasteiger charge is 2.11. The first-order valence-corrected chi connectivity index (χ1v) is 6.98. The lowest BCUT2D eigenvalue weighted by molar-refractivity contribution is 0.109. The van der Waals surface area contributed by atoms with Crippen molar-refractivity contribution in [3.8, 4) is 0 Å². The summed E-state index contributed by atoms with van der Waals surface area (Å²) in [6.45, 7) is 0. The van der Waals surface area contributed by atoms with Gasteiger partial charge in [-0.25, -0.2) is 0 Å². The quantitative estimate of drug-likeness (QED) is 0.815. The zero-order chi connectivity index (χ0) is 12.3. The molecule has 1 atom stereocenters. The van der Waals surface area contributed by atoms with E-state index in [1.54, 1.807) is 18.2 Å². The summed E-state index contributed by atoms with van der Waals surface area (Å²) in [7, 11) is -1.19. The number of furan rings is 1. The second kappa shape index (κ2) is 5.42. The van der Waals surface area contributed by atoms with Crippen molar-refractivity contribution in [1.29, 1.82) is 0 Å². The second-order valence-electron chi connectivity index (χ2n) is 3.34. The van der Waals surface area contributed by atoms with E-state index in [4.69, 9.17) is 4.42 Å². The highest BCUT2D eigenvalue weighted by Crippen LogP contribution is 2.22. The van der Waals surface area contributed by atoms with Gasteiger partial charge < -0.3 is 4.42 Å². The number of halogens is 1. The molecule has 1 aromatic carbocycles. The minimum absolute atomic E-state index is 0.254. The molecule has 0 fully saturated rings. The smallest absolute Gasteiger partial charge is 0.185 e. The molecule has 3 nitrogen and oxygen atoms in total. The van der Waals surface area contributed by atoms with Gasteiger partial charge in [0.05, 0.1) is 21.4 Å². The van der Waals surface area contributed by atoms with E-state index in [1.165, 1.54) is 0 Å². The minimum Gasteiger partial charge on any atom is -0.457 e. The highest BCUT2D eigenvalue weighted by atomic mass is 79.9. The lowest BCUT2D eigenvalue weighted by Crippen LogP contribution is -1.96. The molecule has 5 heteroatoms. The van der Waals surface area contributed by atoms with E-state index in [0.29, 0.717) is 12.0 Å². The molecule has 0 spiro atoms. The second-order valence-corrected chi connectivity index (χ2v) is 5.62. The standard InChI is InChI=1S/C12H9BrO3S/c13-11-3-1-2-4-12(11)17(15)8-10-6-5-9(7-14)16-10/h1-7H,8H2. The fraction of sp³-hybridized carbons (Fsp3) is 0.0833. The molecule has 2 rings (SSSR count). The molecule has 0 N–H and O–H groups in total. The van der Waals surface area contributed by atoms with E-state index in [1.807, 2.05) is 18.2 Å². The molecule has 0 radical (unpaired) electrons. The fourth-order valence-corrected chi connectivity index (χ4v) is 3.28. The van der Waals surface area contributed by atoms with Crippen molar-refractivity contribution < 1.29 is 13.4 Å². The molecule has 1 unspecified atom stereocenters. The topological polar surface area (TPSA) is 47.3 Å².